The van der Waals surface area contributed by atoms with E-state index in [-0.39, 0.29) is 6.04 Å². The summed E-state index contributed by atoms with van der Waals surface area (Å²) in [6.45, 7) is 3.05. The van der Waals surface area contributed by atoms with Gasteiger partial charge in [0, 0.05) is 28.9 Å². The summed E-state index contributed by atoms with van der Waals surface area (Å²) < 4.78 is 7.79. The number of rotatable bonds is 4. The van der Waals surface area contributed by atoms with E-state index in [1.54, 1.807) is 10.8 Å². The molecule has 6 rings (SSSR count). The maximum atomic E-state index is 6.09. The highest BCUT2D eigenvalue weighted by Crippen LogP contribution is 2.30. The number of anilines is 2. The van der Waals surface area contributed by atoms with E-state index in [4.69, 9.17) is 4.74 Å². The van der Waals surface area contributed by atoms with Gasteiger partial charge in [-0.15, -0.1) is 0 Å². The highest BCUT2D eigenvalue weighted by Gasteiger charge is 2.11. The normalized spacial score (nSPS) is 15.2. The molecule has 1 atom stereocenters. The fourth-order valence-electron chi connectivity index (χ4n) is 4.18. The lowest BCUT2D eigenvalue weighted by Gasteiger charge is -2.12. The fourth-order valence-corrected chi connectivity index (χ4v) is 4.18. The molecule has 1 saturated heterocycles. The van der Waals surface area contributed by atoms with Crippen molar-refractivity contribution in [1.82, 2.24) is 29.9 Å². The van der Waals surface area contributed by atoms with Crippen molar-refractivity contribution in [2.45, 2.75) is 25.8 Å². The van der Waals surface area contributed by atoms with Crippen molar-refractivity contribution in [3.05, 3.63) is 78.5 Å². The van der Waals surface area contributed by atoms with Gasteiger partial charge < -0.3 is 15.4 Å². The third-order valence-electron chi connectivity index (χ3n) is 6.00. The summed E-state index contributed by atoms with van der Waals surface area (Å²) in [5, 5.41) is 11.9. The van der Waals surface area contributed by atoms with Gasteiger partial charge in [-0.05, 0) is 74.3 Å². The molecule has 172 valence electrons. The zero-order valence-corrected chi connectivity index (χ0v) is 19.2. The molecule has 0 spiro atoms. The van der Waals surface area contributed by atoms with Crippen molar-refractivity contribution in [2.24, 2.45) is 0 Å². The lowest BCUT2D eigenvalue weighted by atomic mass is 10.1. The molecule has 0 saturated carbocycles. The smallest absolute Gasteiger partial charge is 0.158 e. The topological polar surface area (TPSA) is 89.3 Å². The van der Waals surface area contributed by atoms with Crippen LogP contribution in [0.1, 0.15) is 24.0 Å². The first-order valence-electron chi connectivity index (χ1n) is 11.6. The van der Waals surface area contributed by atoms with Crippen LogP contribution in [0.25, 0.3) is 16.6 Å². The predicted octanol–water partition coefficient (Wildman–Crippen LogP) is 4.62. The predicted molar refractivity (Wildman–Crippen MR) is 135 cm³/mol. The number of hydrogen-bond donors (Lipinski definition) is 2. The molecule has 1 aliphatic rings. The summed E-state index contributed by atoms with van der Waals surface area (Å²) >= 11 is 0. The second-order valence-electron chi connectivity index (χ2n) is 8.51. The number of aryl methyl sites for hydroxylation is 1. The quantitative estimate of drug-likeness (QED) is 0.378. The van der Waals surface area contributed by atoms with E-state index in [9.17, 15) is 0 Å². The van der Waals surface area contributed by atoms with Crippen LogP contribution in [0.2, 0.25) is 0 Å². The van der Waals surface area contributed by atoms with Crippen LogP contribution in [-0.4, -0.2) is 37.2 Å². The summed E-state index contributed by atoms with van der Waals surface area (Å²) in [6, 6.07) is 16.0. The molecule has 5 aromatic rings. The van der Waals surface area contributed by atoms with Crippen molar-refractivity contribution in [3.63, 3.8) is 0 Å². The number of benzene rings is 2. The van der Waals surface area contributed by atoms with E-state index >= 15 is 0 Å². The molecule has 0 unspecified atom stereocenters. The van der Waals surface area contributed by atoms with Gasteiger partial charge in [-0.3, -0.25) is 0 Å². The molecule has 1 aliphatic heterocycles. The van der Waals surface area contributed by atoms with Crippen LogP contribution < -0.4 is 15.4 Å². The highest BCUT2D eigenvalue weighted by atomic mass is 16.5. The molecule has 8 nitrogen and oxygen atoms in total. The van der Waals surface area contributed by atoms with Crippen LogP contribution in [0.15, 0.2) is 67.4 Å². The molecule has 4 heterocycles. The molecule has 0 amide bonds. The van der Waals surface area contributed by atoms with E-state index in [1.165, 1.54) is 12.7 Å². The molecule has 1 fully saturated rings. The maximum absolute atomic E-state index is 6.09. The minimum atomic E-state index is 0.275. The lowest BCUT2D eigenvalue weighted by molar-refractivity contribution is 0.478. The van der Waals surface area contributed by atoms with Crippen molar-refractivity contribution < 1.29 is 4.74 Å². The van der Waals surface area contributed by atoms with Gasteiger partial charge in [-0.2, -0.15) is 5.10 Å². The maximum Gasteiger partial charge on any atom is 0.158 e. The van der Waals surface area contributed by atoms with Crippen LogP contribution in [0.4, 0.5) is 11.5 Å². The Labute approximate surface area is 202 Å². The summed E-state index contributed by atoms with van der Waals surface area (Å²) in [4.78, 5) is 13.1. The standard InChI is InChI=1S/C27H23N7O/c1-18-13-21(7-9-25(18)35-22-10-12-34-26(15-22)30-17-32-34)33-27-23-14-19(4-6-20-3-2-11-28-20)5-8-24(23)29-16-31-27/h5,7-10,12-17,20,28H,2-3,11H2,1H3,(H,29,31,33)/t20-/m1/s1. The number of ether oxygens (including phenoxy) is 1. The van der Waals surface area contributed by atoms with Crippen molar-refractivity contribution in [3.8, 4) is 23.3 Å². The van der Waals surface area contributed by atoms with Gasteiger partial charge in [-0.1, -0.05) is 11.8 Å². The van der Waals surface area contributed by atoms with Gasteiger partial charge in [0.15, 0.2) is 5.65 Å². The summed E-state index contributed by atoms with van der Waals surface area (Å²) in [7, 11) is 0. The Bertz CT molecular complexity index is 1590. The zero-order chi connectivity index (χ0) is 23.6. The lowest BCUT2D eigenvalue weighted by Crippen LogP contribution is -2.18. The molecule has 0 aliphatic carbocycles. The van der Waals surface area contributed by atoms with Gasteiger partial charge >= 0.3 is 0 Å². The van der Waals surface area contributed by atoms with Gasteiger partial charge in [0.25, 0.3) is 0 Å². The Morgan fingerprint density at radius 1 is 1.06 bits per heavy atom. The summed E-state index contributed by atoms with van der Waals surface area (Å²) in [5.74, 6) is 8.84. The van der Waals surface area contributed by atoms with Gasteiger partial charge in [0.2, 0.25) is 0 Å². The molecular formula is C27H23N7O. The SMILES string of the molecule is Cc1cc(Nc2ncnc3ccc(C#C[C@H]4CCCN4)cc23)ccc1Oc1ccn2ncnc2c1. The average Bonchev–Trinajstić information content (AvgIpc) is 3.56. The van der Waals surface area contributed by atoms with Crippen molar-refractivity contribution in [1.29, 1.82) is 0 Å². The molecule has 0 radical (unpaired) electrons. The van der Waals surface area contributed by atoms with Crippen molar-refractivity contribution >= 4 is 28.1 Å². The molecule has 2 N–H and O–H groups in total. The monoisotopic (exact) mass is 461 g/mol. The van der Waals surface area contributed by atoms with Gasteiger partial charge in [-0.25, -0.2) is 19.5 Å². The Kier molecular flexibility index (Phi) is 5.45. The first-order chi connectivity index (χ1) is 17.2. The van der Waals surface area contributed by atoms with Crippen LogP contribution in [0, 0.1) is 18.8 Å². The fraction of sp³-hybridized carbons (Fsp3) is 0.185. The van der Waals surface area contributed by atoms with Crippen LogP contribution >= 0.6 is 0 Å². The minimum absolute atomic E-state index is 0.275. The largest absolute Gasteiger partial charge is 0.457 e. The van der Waals surface area contributed by atoms with Crippen LogP contribution in [0.3, 0.4) is 0 Å². The number of nitrogens with zero attached hydrogens (tertiary/aromatic N) is 5. The second-order valence-corrected chi connectivity index (χ2v) is 8.51. The Balaban J connectivity index is 1.24. The van der Waals surface area contributed by atoms with E-state index < -0.39 is 0 Å². The summed E-state index contributed by atoms with van der Waals surface area (Å²) in [6.07, 6.45) is 7.20. The van der Waals surface area contributed by atoms with Crippen molar-refractivity contribution in [2.75, 3.05) is 11.9 Å². The number of pyridine rings is 1. The summed E-state index contributed by atoms with van der Waals surface area (Å²) in [5.41, 5.74) is 4.46. The van der Waals surface area contributed by atoms with E-state index in [0.717, 1.165) is 57.9 Å². The molecule has 0 bridgehead atoms. The average molecular weight is 462 g/mol. The molecule has 35 heavy (non-hydrogen) atoms. The molecule has 2 aromatic carbocycles. The first kappa shape index (κ1) is 21.1. The Morgan fingerprint density at radius 3 is 2.91 bits per heavy atom. The third-order valence-corrected chi connectivity index (χ3v) is 6.00. The van der Waals surface area contributed by atoms with Crippen LogP contribution in [-0.2, 0) is 0 Å². The highest BCUT2D eigenvalue weighted by molar-refractivity contribution is 5.91. The van der Waals surface area contributed by atoms with Crippen LogP contribution in [0.5, 0.6) is 11.5 Å². The van der Waals surface area contributed by atoms with Gasteiger partial charge in [0.1, 0.15) is 30.0 Å². The minimum Gasteiger partial charge on any atom is -0.457 e. The molecule has 3 aromatic heterocycles. The number of fused-ring (bicyclic) bond motifs is 2. The Hall–Kier alpha value is -4.48. The number of nitrogens with one attached hydrogen (secondary N) is 2. The van der Waals surface area contributed by atoms with E-state index in [0.29, 0.717) is 5.75 Å². The number of aromatic nitrogens is 5. The van der Waals surface area contributed by atoms with Gasteiger partial charge in [0.05, 0.1) is 11.6 Å². The van der Waals surface area contributed by atoms with E-state index in [1.807, 2.05) is 61.7 Å². The second kappa shape index (κ2) is 9.05. The zero-order valence-electron chi connectivity index (χ0n) is 19.2. The molecule has 8 heteroatoms. The third kappa shape index (κ3) is 4.50. The molecular weight excluding hydrogens is 438 g/mol. The first-order valence-corrected chi connectivity index (χ1v) is 11.6. The number of hydrogen-bond acceptors (Lipinski definition) is 7. The Morgan fingerprint density at radius 2 is 2.03 bits per heavy atom. The van der Waals surface area contributed by atoms with E-state index in [2.05, 4.69) is 42.5 Å².